The lowest BCUT2D eigenvalue weighted by atomic mass is 9.94. The van der Waals surface area contributed by atoms with Crippen molar-refractivity contribution in [1.82, 2.24) is 5.32 Å². The average Bonchev–Trinajstić information content (AvgIpc) is 2.20. The molecule has 0 saturated carbocycles. The molecular weight excluding hydrogens is 241 g/mol. The Morgan fingerprint density at radius 3 is 2.59 bits per heavy atom. The van der Waals surface area contributed by atoms with Crippen molar-refractivity contribution in [3.8, 4) is 0 Å². The molecule has 4 heteroatoms. The van der Waals surface area contributed by atoms with Gasteiger partial charge in [0.1, 0.15) is 11.6 Å². The molecule has 0 aliphatic carbocycles. The molecule has 2 nitrogen and oxygen atoms in total. The van der Waals surface area contributed by atoms with Crippen molar-refractivity contribution in [1.29, 1.82) is 0 Å². The molecule has 1 N–H and O–H groups in total. The van der Waals surface area contributed by atoms with Crippen LogP contribution in [0.15, 0.2) is 18.2 Å². The second-order valence-electron chi connectivity index (χ2n) is 4.39. The first-order valence-electron chi connectivity index (χ1n) is 5.60. The third-order valence-electron chi connectivity index (χ3n) is 2.56. The number of ketones is 1. The molecule has 1 aromatic carbocycles. The van der Waals surface area contributed by atoms with E-state index in [4.69, 9.17) is 11.6 Å². The smallest absolute Gasteiger partial charge is 0.138 e. The molecule has 0 heterocycles. The minimum absolute atomic E-state index is 0.0561. The summed E-state index contributed by atoms with van der Waals surface area (Å²) in [4.78, 5) is 11.6. The monoisotopic (exact) mass is 257 g/mol. The lowest BCUT2D eigenvalue weighted by molar-refractivity contribution is -0.118. The predicted molar refractivity (Wildman–Crippen MR) is 68.0 cm³/mol. The zero-order valence-corrected chi connectivity index (χ0v) is 11.0. The maximum Gasteiger partial charge on any atom is 0.138 e. The standard InChI is InChI=1S/C13H17ClFNO/c1-8(2)16-7-12(9(3)17)11-5-4-10(14)6-13(11)15/h4-6,8,12,16H,7H2,1-3H3/t12-/m0/s1. The van der Waals surface area contributed by atoms with Gasteiger partial charge >= 0.3 is 0 Å². The van der Waals surface area contributed by atoms with E-state index >= 15 is 0 Å². The number of Topliss-reactive ketones (excluding diaryl/α,β-unsaturated/α-hetero) is 1. The first-order valence-corrected chi connectivity index (χ1v) is 5.98. The number of nitrogens with one attached hydrogen (secondary N) is 1. The van der Waals surface area contributed by atoms with Crippen LogP contribution in [0.3, 0.4) is 0 Å². The van der Waals surface area contributed by atoms with Crippen LogP contribution >= 0.6 is 11.6 Å². The van der Waals surface area contributed by atoms with Gasteiger partial charge in [0.05, 0.1) is 5.92 Å². The van der Waals surface area contributed by atoms with Gasteiger partial charge in [-0.3, -0.25) is 4.79 Å². The Morgan fingerprint density at radius 1 is 1.47 bits per heavy atom. The number of carbonyl (C=O) groups is 1. The largest absolute Gasteiger partial charge is 0.313 e. The number of rotatable bonds is 5. The zero-order chi connectivity index (χ0) is 13.0. The summed E-state index contributed by atoms with van der Waals surface area (Å²) in [5.41, 5.74) is 0.398. The number of carbonyl (C=O) groups excluding carboxylic acids is 1. The minimum Gasteiger partial charge on any atom is -0.313 e. The lowest BCUT2D eigenvalue weighted by Crippen LogP contribution is -2.31. The average molecular weight is 258 g/mol. The van der Waals surface area contributed by atoms with Crippen LogP contribution in [-0.4, -0.2) is 18.4 Å². The second kappa shape index (κ2) is 6.12. The molecule has 0 radical (unpaired) electrons. The van der Waals surface area contributed by atoms with Crippen molar-refractivity contribution in [3.63, 3.8) is 0 Å². The third kappa shape index (κ3) is 4.10. The van der Waals surface area contributed by atoms with E-state index in [0.717, 1.165) is 0 Å². The van der Waals surface area contributed by atoms with E-state index in [2.05, 4.69) is 5.32 Å². The molecule has 94 valence electrons. The van der Waals surface area contributed by atoms with E-state index in [0.29, 0.717) is 17.1 Å². The highest BCUT2D eigenvalue weighted by Gasteiger charge is 2.20. The van der Waals surface area contributed by atoms with E-state index in [1.54, 1.807) is 12.1 Å². The highest BCUT2D eigenvalue weighted by atomic mass is 35.5. The fourth-order valence-corrected chi connectivity index (χ4v) is 1.77. The predicted octanol–water partition coefficient (Wildman–Crippen LogP) is 3.15. The highest BCUT2D eigenvalue weighted by molar-refractivity contribution is 6.30. The van der Waals surface area contributed by atoms with Gasteiger partial charge < -0.3 is 5.32 Å². The van der Waals surface area contributed by atoms with Crippen molar-refractivity contribution >= 4 is 17.4 Å². The van der Waals surface area contributed by atoms with Crippen LogP contribution in [0, 0.1) is 5.82 Å². The van der Waals surface area contributed by atoms with Gasteiger partial charge in [0.15, 0.2) is 0 Å². The molecule has 0 bridgehead atoms. The summed E-state index contributed by atoms with van der Waals surface area (Å²) in [5, 5.41) is 3.49. The fraction of sp³-hybridized carbons (Fsp3) is 0.462. The zero-order valence-electron chi connectivity index (χ0n) is 10.3. The first kappa shape index (κ1) is 14.1. The number of halogens is 2. The van der Waals surface area contributed by atoms with Gasteiger partial charge in [-0.05, 0) is 24.6 Å². The second-order valence-corrected chi connectivity index (χ2v) is 4.83. The molecule has 1 aromatic rings. The van der Waals surface area contributed by atoms with E-state index in [1.165, 1.54) is 13.0 Å². The Balaban J connectivity index is 2.93. The molecule has 0 unspecified atom stereocenters. The SMILES string of the molecule is CC(=O)[C@H](CNC(C)C)c1ccc(Cl)cc1F. The molecule has 0 aliphatic rings. The maximum absolute atomic E-state index is 13.7. The first-order chi connectivity index (χ1) is 7.91. The molecule has 1 atom stereocenters. The van der Waals surface area contributed by atoms with Crippen LogP contribution in [0.4, 0.5) is 4.39 Å². The van der Waals surface area contributed by atoms with Gasteiger partial charge in [-0.2, -0.15) is 0 Å². The number of hydrogen-bond acceptors (Lipinski definition) is 2. The Bertz CT molecular complexity index is 406. The van der Waals surface area contributed by atoms with Crippen LogP contribution in [-0.2, 0) is 4.79 Å². The van der Waals surface area contributed by atoms with Gasteiger partial charge in [-0.15, -0.1) is 0 Å². The summed E-state index contributed by atoms with van der Waals surface area (Å²) in [5.74, 6) is -0.947. The number of benzene rings is 1. The van der Waals surface area contributed by atoms with Crippen molar-refractivity contribution in [2.45, 2.75) is 32.7 Å². The van der Waals surface area contributed by atoms with E-state index in [-0.39, 0.29) is 11.8 Å². The third-order valence-corrected chi connectivity index (χ3v) is 2.79. The van der Waals surface area contributed by atoms with Crippen LogP contribution < -0.4 is 5.32 Å². The van der Waals surface area contributed by atoms with Crippen LogP contribution in [0.2, 0.25) is 5.02 Å². The molecule has 0 amide bonds. The van der Waals surface area contributed by atoms with E-state index < -0.39 is 11.7 Å². The summed E-state index contributed by atoms with van der Waals surface area (Å²) in [6.07, 6.45) is 0. The molecule has 0 fully saturated rings. The van der Waals surface area contributed by atoms with Crippen LogP contribution in [0.1, 0.15) is 32.3 Å². The summed E-state index contributed by atoms with van der Waals surface area (Å²) >= 11 is 5.69. The summed E-state index contributed by atoms with van der Waals surface area (Å²) in [7, 11) is 0. The maximum atomic E-state index is 13.7. The van der Waals surface area contributed by atoms with Crippen molar-refractivity contribution < 1.29 is 9.18 Å². The quantitative estimate of drug-likeness (QED) is 0.878. The summed E-state index contributed by atoms with van der Waals surface area (Å²) in [6, 6.07) is 4.67. The van der Waals surface area contributed by atoms with Crippen molar-refractivity contribution in [3.05, 3.63) is 34.6 Å². The van der Waals surface area contributed by atoms with Crippen molar-refractivity contribution in [2.75, 3.05) is 6.54 Å². The van der Waals surface area contributed by atoms with E-state index in [1.807, 2.05) is 13.8 Å². The fourth-order valence-electron chi connectivity index (χ4n) is 1.61. The number of hydrogen-bond donors (Lipinski definition) is 1. The van der Waals surface area contributed by atoms with Gasteiger partial charge in [-0.25, -0.2) is 4.39 Å². The minimum atomic E-state index is -0.463. The van der Waals surface area contributed by atoms with Gasteiger partial charge in [0.2, 0.25) is 0 Å². The topological polar surface area (TPSA) is 29.1 Å². The molecule has 0 spiro atoms. The lowest BCUT2D eigenvalue weighted by Gasteiger charge is -2.17. The van der Waals surface area contributed by atoms with E-state index in [9.17, 15) is 9.18 Å². The highest BCUT2D eigenvalue weighted by Crippen LogP contribution is 2.23. The summed E-state index contributed by atoms with van der Waals surface area (Å²) < 4.78 is 13.7. The molecule has 0 aromatic heterocycles. The summed E-state index contributed by atoms with van der Waals surface area (Å²) in [6.45, 7) is 5.87. The van der Waals surface area contributed by atoms with Crippen LogP contribution in [0.5, 0.6) is 0 Å². The normalized spacial score (nSPS) is 12.8. The Kier molecular flexibility index (Phi) is 5.09. The molecular formula is C13H17ClFNO. The Morgan fingerprint density at radius 2 is 2.12 bits per heavy atom. The van der Waals surface area contributed by atoms with Crippen LogP contribution in [0.25, 0.3) is 0 Å². The molecule has 17 heavy (non-hydrogen) atoms. The Labute approximate surface area is 106 Å². The van der Waals surface area contributed by atoms with Gasteiger partial charge in [0, 0.05) is 17.6 Å². The van der Waals surface area contributed by atoms with Gasteiger partial charge in [-0.1, -0.05) is 31.5 Å². The van der Waals surface area contributed by atoms with Gasteiger partial charge in [0.25, 0.3) is 0 Å². The molecule has 1 rings (SSSR count). The molecule has 0 saturated heterocycles. The molecule has 0 aliphatic heterocycles. The van der Waals surface area contributed by atoms with Crippen molar-refractivity contribution in [2.24, 2.45) is 0 Å². The Hall–Kier alpha value is -0.930.